The quantitative estimate of drug-likeness (QED) is 0.450. The van der Waals surface area contributed by atoms with Crippen LogP contribution in [-0.4, -0.2) is 57.3 Å². The molecule has 30 heavy (non-hydrogen) atoms. The predicted molar refractivity (Wildman–Crippen MR) is 118 cm³/mol. The van der Waals surface area contributed by atoms with E-state index in [-0.39, 0.29) is 0 Å². The van der Waals surface area contributed by atoms with Gasteiger partial charge in [-0.2, -0.15) is 5.10 Å². The molecule has 0 unspecified atom stereocenters. The Morgan fingerprint density at radius 1 is 1.00 bits per heavy atom. The third-order valence-electron chi connectivity index (χ3n) is 5.06. The molecule has 0 saturated heterocycles. The fourth-order valence-corrected chi connectivity index (χ4v) is 3.47. The van der Waals surface area contributed by atoms with Crippen LogP contribution in [0.4, 0.5) is 0 Å². The standard InChI is InChI=1S/C23H22N6O/c1-29(2)7-8-30-18-9-16(12-24-14-18)17-10-19-22(27-28-23(19)25-13-17)21-11-15-5-3-4-6-20(15)26-21/h3-6,9-14,26H,7-8H2,1-2H3,(H,25,27,28). The van der Waals surface area contributed by atoms with E-state index >= 15 is 0 Å². The highest BCUT2D eigenvalue weighted by atomic mass is 16.5. The van der Waals surface area contributed by atoms with E-state index in [0.717, 1.165) is 51.1 Å². The van der Waals surface area contributed by atoms with Gasteiger partial charge in [-0.05, 0) is 38.4 Å². The minimum absolute atomic E-state index is 0.613. The highest BCUT2D eigenvalue weighted by Crippen LogP contribution is 2.31. The summed E-state index contributed by atoms with van der Waals surface area (Å²) >= 11 is 0. The van der Waals surface area contributed by atoms with Crippen molar-refractivity contribution in [1.29, 1.82) is 0 Å². The van der Waals surface area contributed by atoms with Crippen LogP contribution >= 0.6 is 0 Å². The maximum Gasteiger partial charge on any atom is 0.181 e. The second-order valence-electron chi connectivity index (χ2n) is 7.53. The Hall–Kier alpha value is -3.71. The van der Waals surface area contributed by atoms with Crippen molar-refractivity contribution in [1.82, 2.24) is 30.0 Å². The van der Waals surface area contributed by atoms with Gasteiger partial charge in [0, 0.05) is 46.4 Å². The number of aromatic amines is 2. The van der Waals surface area contributed by atoms with Crippen LogP contribution in [0.3, 0.4) is 0 Å². The molecular weight excluding hydrogens is 376 g/mol. The molecule has 5 aromatic rings. The third kappa shape index (κ3) is 3.51. The Morgan fingerprint density at radius 2 is 1.87 bits per heavy atom. The number of nitrogens with zero attached hydrogens (tertiary/aromatic N) is 4. The summed E-state index contributed by atoms with van der Waals surface area (Å²) in [6.07, 6.45) is 5.38. The molecule has 0 aliphatic heterocycles. The summed E-state index contributed by atoms with van der Waals surface area (Å²) in [5.74, 6) is 0.748. The Labute approximate surface area is 173 Å². The van der Waals surface area contributed by atoms with Gasteiger partial charge in [-0.15, -0.1) is 0 Å². The topological polar surface area (TPSA) is 82.7 Å². The van der Waals surface area contributed by atoms with Gasteiger partial charge in [0.15, 0.2) is 5.65 Å². The summed E-state index contributed by atoms with van der Waals surface area (Å²) in [5.41, 5.74) is 5.59. The highest BCUT2D eigenvalue weighted by Gasteiger charge is 2.13. The summed E-state index contributed by atoms with van der Waals surface area (Å²) in [4.78, 5) is 14.4. The molecule has 2 N–H and O–H groups in total. The lowest BCUT2D eigenvalue weighted by Crippen LogP contribution is -2.19. The van der Waals surface area contributed by atoms with Gasteiger partial charge in [-0.25, -0.2) is 4.98 Å². The number of nitrogens with one attached hydrogen (secondary N) is 2. The number of H-pyrrole nitrogens is 2. The second-order valence-corrected chi connectivity index (χ2v) is 7.53. The minimum atomic E-state index is 0.613. The predicted octanol–water partition coefficient (Wildman–Crippen LogP) is 4.11. The lowest BCUT2D eigenvalue weighted by Gasteiger charge is -2.11. The van der Waals surface area contributed by atoms with Crippen molar-refractivity contribution in [2.75, 3.05) is 27.2 Å². The molecule has 4 heterocycles. The molecule has 0 aliphatic carbocycles. The van der Waals surface area contributed by atoms with Crippen molar-refractivity contribution in [3.8, 4) is 28.3 Å². The van der Waals surface area contributed by atoms with E-state index in [2.05, 4.69) is 54.3 Å². The molecule has 0 amide bonds. The van der Waals surface area contributed by atoms with Gasteiger partial charge < -0.3 is 14.6 Å². The van der Waals surface area contributed by atoms with Crippen molar-refractivity contribution in [3.05, 3.63) is 61.1 Å². The SMILES string of the molecule is CN(C)CCOc1cncc(-c2cnc3n[nH]c(-c4cc5ccccc5[nH]4)c3c2)c1. The molecule has 150 valence electrons. The van der Waals surface area contributed by atoms with Crippen molar-refractivity contribution >= 4 is 21.9 Å². The maximum absolute atomic E-state index is 5.83. The summed E-state index contributed by atoms with van der Waals surface area (Å²) < 4.78 is 5.83. The largest absolute Gasteiger partial charge is 0.491 e. The first-order valence-corrected chi connectivity index (χ1v) is 9.82. The lowest BCUT2D eigenvalue weighted by molar-refractivity contribution is 0.261. The van der Waals surface area contributed by atoms with E-state index in [9.17, 15) is 0 Å². The summed E-state index contributed by atoms with van der Waals surface area (Å²) in [6, 6.07) is 14.4. The molecule has 4 aromatic heterocycles. The number of ether oxygens (including phenoxy) is 1. The number of pyridine rings is 2. The summed E-state index contributed by atoms with van der Waals surface area (Å²) in [7, 11) is 4.04. The van der Waals surface area contributed by atoms with Gasteiger partial charge in [-0.3, -0.25) is 10.1 Å². The van der Waals surface area contributed by atoms with E-state index in [1.54, 1.807) is 6.20 Å². The zero-order chi connectivity index (χ0) is 20.5. The molecule has 5 rings (SSSR count). The van der Waals surface area contributed by atoms with Crippen LogP contribution in [0, 0.1) is 0 Å². The monoisotopic (exact) mass is 398 g/mol. The van der Waals surface area contributed by atoms with Crippen LogP contribution in [-0.2, 0) is 0 Å². The zero-order valence-electron chi connectivity index (χ0n) is 16.9. The first-order chi connectivity index (χ1) is 14.7. The summed E-state index contributed by atoms with van der Waals surface area (Å²) in [6.45, 7) is 1.46. The van der Waals surface area contributed by atoms with Crippen molar-refractivity contribution in [3.63, 3.8) is 0 Å². The van der Waals surface area contributed by atoms with Gasteiger partial charge in [-0.1, -0.05) is 18.2 Å². The summed E-state index contributed by atoms with van der Waals surface area (Å²) in [5, 5.41) is 9.62. The Balaban J connectivity index is 1.50. The van der Waals surface area contributed by atoms with Gasteiger partial charge in [0.25, 0.3) is 0 Å². The zero-order valence-corrected chi connectivity index (χ0v) is 16.9. The van der Waals surface area contributed by atoms with Gasteiger partial charge in [0.2, 0.25) is 0 Å². The molecule has 0 spiro atoms. The van der Waals surface area contributed by atoms with Crippen LogP contribution in [0.5, 0.6) is 5.75 Å². The van der Waals surface area contributed by atoms with E-state index in [0.29, 0.717) is 12.3 Å². The maximum atomic E-state index is 5.83. The number of benzene rings is 1. The number of hydrogen-bond acceptors (Lipinski definition) is 5. The lowest BCUT2D eigenvalue weighted by atomic mass is 10.1. The van der Waals surface area contributed by atoms with Crippen LogP contribution in [0.2, 0.25) is 0 Å². The van der Waals surface area contributed by atoms with Gasteiger partial charge in [0.05, 0.1) is 17.6 Å². The van der Waals surface area contributed by atoms with Gasteiger partial charge in [0.1, 0.15) is 12.4 Å². The average Bonchev–Trinajstić information content (AvgIpc) is 3.37. The number of para-hydroxylation sites is 1. The van der Waals surface area contributed by atoms with E-state index in [4.69, 9.17) is 4.74 Å². The molecule has 0 bridgehead atoms. The molecule has 0 atom stereocenters. The Bertz CT molecular complexity index is 1290. The molecule has 0 fully saturated rings. The van der Waals surface area contributed by atoms with Crippen LogP contribution in [0.1, 0.15) is 0 Å². The molecule has 0 saturated carbocycles. The van der Waals surface area contributed by atoms with Crippen LogP contribution < -0.4 is 4.74 Å². The number of aromatic nitrogens is 5. The first-order valence-electron chi connectivity index (χ1n) is 9.82. The first kappa shape index (κ1) is 18.3. The molecule has 1 aromatic carbocycles. The molecule has 0 radical (unpaired) electrons. The number of fused-ring (bicyclic) bond motifs is 2. The number of hydrogen-bond donors (Lipinski definition) is 2. The van der Waals surface area contributed by atoms with Gasteiger partial charge >= 0.3 is 0 Å². The number of rotatable bonds is 6. The Kier molecular flexibility index (Phi) is 4.65. The molecule has 7 heteroatoms. The van der Waals surface area contributed by atoms with E-state index < -0.39 is 0 Å². The van der Waals surface area contributed by atoms with E-state index in [1.807, 2.05) is 44.7 Å². The van der Waals surface area contributed by atoms with Crippen LogP contribution in [0.15, 0.2) is 61.1 Å². The fourth-order valence-electron chi connectivity index (χ4n) is 3.47. The minimum Gasteiger partial charge on any atom is -0.491 e. The normalized spacial score (nSPS) is 11.6. The molecule has 0 aliphatic rings. The third-order valence-corrected chi connectivity index (χ3v) is 5.06. The second kappa shape index (κ2) is 7.61. The van der Waals surface area contributed by atoms with E-state index in [1.165, 1.54) is 0 Å². The molecular formula is C23H22N6O. The molecule has 7 nitrogen and oxygen atoms in total. The van der Waals surface area contributed by atoms with Crippen LogP contribution in [0.25, 0.3) is 44.5 Å². The van der Waals surface area contributed by atoms with Crippen molar-refractivity contribution in [2.45, 2.75) is 0 Å². The highest BCUT2D eigenvalue weighted by molar-refractivity contribution is 5.95. The van der Waals surface area contributed by atoms with Crippen molar-refractivity contribution < 1.29 is 4.74 Å². The smallest absolute Gasteiger partial charge is 0.181 e. The fraction of sp³-hybridized carbons (Fsp3) is 0.174. The number of likely N-dealkylation sites (N-methyl/N-ethyl adjacent to an activating group) is 1. The Morgan fingerprint density at radius 3 is 2.73 bits per heavy atom. The van der Waals surface area contributed by atoms with Crippen molar-refractivity contribution in [2.24, 2.45) is 0 Å². The average molecular weight is 398 g/mol.